The van der Waals surface area contributed by atoms with Crippen LogP contribution in [0, 0.1) is 0 Å². The molecule has 0 spiro atoms. The first-order valence-corrected chi connectivity index (χ1v) is 7.42. The quantitative estimate of drug-likeness (QED) is 0.644. The Morgan fingerprint density at radius 1 is 1.23 bits per heavy atom. The molecule has 0 saturated carbocycles. The van der Waals surface area contributed by atoms with Crippen molar-refractivity contribution in [2.45, 2.75) is 25.7 Å². The standard InChI is InChI=1S/C16H15NO5/c18-15-12(21-16(19)20)8-10-7-9-3-1-5-17-6-2-4-11(13(9)17)14(10)22-15/h7-8H,1-6H2,(H,19,20). The van der Waals surface area contributed by atoms with Crippen LogP contribution in [0.1, 0.15) is 24.0 Å². The van der Waals surface area contributed by atoms with Gasteiger partial charge in [-0.3, -0.25) is 0 Å². The van der Waals surface area contributed by atoms with Gasteiger partial charge in [-0.1, -0.05) is 0 Å². The third kappa shape index (κ3) is 1.94. The van der Waals surface area contributed by atoms with Crippen LogP contribution in [0.5, 0.6) is 5.75 Å². The fourth-order valence-corrected chi connectivity index (χ4v) is 3.59. The summed E-state index contributed by atoms with van der Waals surface area (Å²) in [5.41, 5.74) is 3.33. The summed E-state index contributed by atoms with van der Waals surface area (Å²) in [5.74, 6) is -0.282. The zero-order valence-electron chi connectivity index (χ0n) is 11.9. The summed E-state index contributed by atoms with van der Waals surface area (Å²) >= 11 is 0. The summed E-state index contributed by atoms with van der Waals surface area (Å²) in [7, 11) is 0. The number of ether oxygens (including phenoxy) is 1. The smallest absolute Gasteiger partial charge is 0.449 e. The maximum Gasteiger partial charge on any atom is 0.511 e. The second kappa shape index (κ2) is 4.76. The van der Waals surface area contributed by atoms with Crippen LogP contribution in [-0.2, 0) is 12.8 Å². The van der Waals surface area contributed by atoms with Gasteiger partial charge >= 0.3 is 11.8 Å². The van der Waals surface area contributed by atoms with Gasteiger partial charge in [0, 0.05) is 29.7 Å². The Kier molecular flexibility index (Phi) is 2.85. The van der Waals surface area contributed by atoms with E-state index in [4.69, 9.17) is 9.52 Å². The van der Waals surface area contributed by atoms with E-state index >= 15 is 0 Å². The lowest BCUT2D eigenvalue weighted by atomic mass is 9.90. The van der Waals surface area contributed by atoms with Crippen molar-refractivity contribution in [3.63, 3.8) is 0 Å². The molecule has 1 aromatic heterocycles. The average Bonchev–Trinajstić information content (AvgIpc) is 2.49. The minimum atomic E-state index is -1.52. The minimum Gasteiger partial charge on any atom is -0.449 e. The summed E-state index contributed by atoms with van der Waals surface area (Å²) in [5, 5.41) is 9.42. The first-order chi connectivity index (χ1) is 10.6. The number of hydrogen-bond donors (Lipinski definition) is 1. The normalized spacial score (nSPS) is 16.5. The second-order valence-corrected chi connectivity index (χ2v) is 5.74. The van der Waals surface area contributed by atoms with E-state index in [0.29, 0.717) is 5.58 Å². The van der Waals surface area contributed by atoms with Crippen LogP contribution in [0.25, 0.3) is 11.0 Å². The van der Waals surface area contributed by atoms with Crippen molar-refractivity contribution in [1.29, 1.82) is 0 Å². The number of carboxylic acid groups (broad SMARTS) is 1. The van der Waals surface area contributed by atoms with Crippen LogP contribution >= 0.6 is 0 Å². The molecule has 0 radical (unpaired) electrons. The number of benzene rings is 1. The van der Waals surface area contributed by atoms with Crippen LogP contribution in [0.3, 0.4) is 0 Å². The molecule has 0 atom stereocenters. The maximum atomic E-state index is 11.9. The molecular weight excluding hydrogens is 286 g/mol. The summed E-state index contributed by atoms with van der Waals surface area (Å²) < 4.78 is 9.90. The Labute approximate surface area is 125 Å². The molecule has 114 valence electrons. The van der Waals surface area contributed by atoms with E-state index in [1.54, 1.807) is 0 Å². The summed E-state index contributed by atoms with van der Waals surface area (Å²) in [4.78, 5) is 25.0. The van der Waals surface area contributed by atoms with Crippen LogP contribution in [-0.4, -0.2) is 24.4 Å². The molecule has 0 amide bonds. The monoisotopic (exact) mass is 301 g/mol. The number of rotatable bonds is 1. The first kappa shape index (κ1) is 13.2. The van der Waals surface area contributed by atoms with Gasteiger partial charge in [0.05, 0.1) is 0 Å². The average molecular weight is 301 g/mol. The predicted molar refractivity (Wildman–Crippen MR) is 80.0 cm³/mol. The Hall–Kier alpha value is -2.50. The van der Waals surface area contributed by atoms with Crippen molar-refractivity contribution in [1.82, 2.24) is 0 Å². The molecule has 2 aliphatic heterocycles. The van der Waals surface area contributed by atoms with Gasteiger partial charge in [0.25, 0.3) is 0 Å². The number of hydrogen-bond acceptors (Lipinski definition) is 5. The summed E-state index contributed by atoms with van der Waals surface area (Å²) in [6.45, 7) is 2.08. The molecule has 0 unspecified atom stereocenters. The fraction of sp³-hybridized carbons (Fsp3) is 0.375. The molecular formula is C16H15NO5. The Balaban J connectivity index is 1.98. The van der Waals surface area contributed by atoms with Crippen molar-refractivity contribution in [2.24, 2.45) is 0 Å². The Bertz CT molecular complexity index is 837. The van der Waals surface area contributed by atoms with Gasteiger partial charge in [-0.15, -0.1) is 0 Å². The third-order valence-electron chi connectivity index (χ3n) is 4.38. The third-order valence-corrected chi connectivity index (χ3v) is 4.38. The SMILES string of the molecule is O=C(O)Oc1cc2cc3c4c(c2oc1=O)CCCN4CCC3. The Morgan fingerprint density at radius 2 is 2.00 bits per heavy atom. The van der Waals surface area contributed by atoms with E-state index in [2.05, 4.69) is 9.64 Å². The lowest BCUT2D eigenvalue weighted by Crippen LogP contribution is -2.34. The van der Waals surface area contributed by atoms with Gasteiger partial charge in [0.1, 0.15) is 5.58 Å². The van der Waals surface area contributed by atoms with Crippen molar-refractivity contribution in [3.05, 3.63) is 33.7 Å². The summed E-state index contributed by atoms with van der Waals surface area (Å²) in [6, 6.07) is 3.46. The van der Waals surface area contributed by atoms with E-state index < -0.39 is 11.8 Å². The van der Waals surface area contributed by atoms with Crippen LogP contribution in [0.2, 0.25) is 0 Å². The van der Waals surface area contributed by atoms with E-state index in [-0.39, 0.29) is 5.75 Å². The molecule has 1 aromatic carbocycles. The van der Waals surface area contributed by atoms with Crippen LogP contribution < -0.4 is 15.3 Å². The second-order valence-electron chi connectivity index (χ2n) is 5.74. The molecule has 2 aliphatic rings. The number of fused-ring (bicyclic) bond motifs is 2. The topological polar surface area (TPSA) is 80.0 Å². The van der Waals surface area contributed by atoms with Gasteiger partial charge in [-0.2, -0.15) is 0 Å². The highest BCUT2D eigenvalue weighted by molar-refractivity contribution is 5.89. The largest absolute Gasteiger partial charge is 0.511 e. The predicted octanol–water partition coefficient (Wildman–Crippen LogP) is 2.55. The van der Waals surface area contributed by atoms with E-state index in [9.17, 15) is 9.59 Å². The zero-order valence-corrected chi connectivity index (χ0v) is 11.9. The van der Waals surface area contributed by atoms with Crippen molar-refractivity contribution in [3.8, 4) is 5.75 Å². The molecule has 0 saturated heterocycles. The number of aryl methyl sites for hydroxylation is 2. The van der Waals surface area contributed by atoms with Crippen LogP contribution in [0.15, 0.2) is 21.3 Å². The molecule has 3 heterocycles. The van der Waals surface area contributed by atoms with Crippen molar-refractivity contribution in [2.75, 3.05) is 18.0 Å². The van der Waals surface area contributed by atoms with Gasteiger partial charge in [0.15, 0.2) is 0 Å². The van der Waals surface area contributed by atoms with E-state index in [1.165, 1.54) is 17.3 Å². The zero-order chi connectivity index (χ0) is 15.3. The van der Waals surface area contributed by atoms with Crippen molar-refractivity contribution >= 4 is 22.8 Å². The highest BCUT2D eigenvalue weighted by Gasteiger charge is 2.27. The molecule has 0 aliphatic carbocycles. The highest BCUT2D eigenvalue weighted by atomic mass is 16.7. The minimum absolute atomic E-state index is 0.282. The molecule has 4 rings (SSSR count). The van der Waals surface area contributed by atoms with Gasteiger partial charge in [-0.25, -0.2) is 9.59 Å². The summed E-state index contributed by atoms with van der Waals surface area (Å²) in [6.07, 6.45) is 2.48. The van der Waals surface area contributed by atoms with Crippen molar-refractivity contribution < 1.29 is 19.1 Å². The molecule has 6 heteroatoms. The number of nitrogens with zero attached hydrogens (tertiary/aromatic N) is 1. The molecule has 0 bridgehead atoms. The molecule has 6 nitrogen and oxygen atoms in total. The van der Waals surface area contributed by atoms with Gasteiger partial charge in [-0.05, 0) is 43.4 Å². The fourth-order valence-electron chi connectivity index (χ4n) is 3.59. The molecule has 0 fully saturated rings. The van der Waals surface area contributed by atoms with E-state index in [0.717, 1.165) is 49.7 Å². The van der Waals surface area contributed by atoms with Gasteiger partial charge < -0.3 is 19.2 Å². The highest BCUT2D eigenvalue weighted by Crippen LogP contribution is 2.40. The van der Waals surface area contributed by atoms with E-state index in [1.807, 2.05) is 6.07 Å². The lowest BCUT2D eigenvalue weighted by Gasteiger charge is -2.37. The molecule has 1 N–H and O–H groups in total. The van der Waals surface area contributed by atoms with Crippen LogP contribution in [0.4, 0.5) is 10.5 Å². The number of carbonyl (C=O) groups is 1. The maximum absolute atomic E-state index is 11.9. The lowest BCUT2D eigenvalue weighted by molar-refractivity contribution is 0.142. The number of anilines is 1. The van der Waals surface area contributed by atoms with Gasteiger partial charge in [0.2, 0.25) is 5.75 Å². The molecule has 2 aromatic rings. The Morgan fingerprint density at radius 3 is 2.77 bits per heavy atom. The first-order valence-electron chi connectivity index (χ1n) is 7.42. The molecule has 22 heavy (non-hydrogen) atoms.